The second-order valence-electron chi connectivity index (χ2n) is 6.95. The molecule has 1 fully saturated rings. The summed E-state index contributed by atoms with van der Waals surface area (Å²) in [5.74, 6) is 0.0228. The van der Waals surface area contributed by atoms with Gasteiger partial charge in [-0.25, -0.2) is 0 Å². The van der Waals surface area contributed by atoms with Crippen molar-refractivity contribution in [2.45, 2.75) is 6.54 Å². The minimum atomic E-state index is 0.0228. The zero-order chi connectivity index (χ0) is 20.1. The molecule has 0 radical (unpaired) electrons. The largest absolute Gasteiger partial charge is 0.378 e. The average molecular weight is 407 g/mol. The number of hydrogen-bond donors (Lipinski definition) is 0. The topological polar surface area (TPSA) is 34.5 Å². The number of morpholine rings is 1. The van der Waals surface area contributed by atoms with Crippen LogP contribution in [0.25, 0.3) is 6.08 Å². The van der Waals surface area contributed by atoms with Crippen LogP contribution in [0.3, 0.4) is 0 Å². The Morgan fingerprint density at radius 3 is 2.52 bits per heavy atom. The smallest absolute Gasteiger partial charge is 0.209 e. The molecule has 2 heterocycles. The van der Waals surface area contributed by atoms with Gasteiger partial charge in [-0.2, -0.15) is 0 Å². The SMILES string of the molecule is O=C(c1ccc(N2CCOCC2)cc1)c1cccn1C/C=C/c1ccccc1Cl. The molecule has 0 aliphatic carbocycles. The van der Waals surface area contributed by atoms with Crippen molar-refractivity contribution in [3.63, 3.8) is 0 Å². The van der Waals surface area contributed by atoms with Gasteiger partial charge in [0.05, 0.1) is 18.9 Å². The van der Waals surface area contributed by atoms with E-state index >= 15 is 0 Å². The Labute approximate surface area is 176 Å². The monoisotopic (exact) mass is 406 g/mol. The number of anilines is 1. The number of benzene rings is 2. The number of halogens is 1. The third kappa shape index (κ3) is 4.61. The molecule has 0 unspecified atom stereocenters. The van der Waals surface area contributed by atoms with Gasteiger partial charge in [0.1, 0.15) is 0 Å². The van der Waals surface area contributed by atoms with Crippen molar-refractivity contribution in [3.05, 3.63) is 94.8 Å². The van der Waals surface area contributed by atoms with Crippen LogP contribution in [-0.4, -0.2) is 36.7 Å². The van der Waals surface area contributed by atoms with E-state index in [1.807, 2.05) is 83.6 Å². The fourth-order valence-corrected chi connectivity index (χ4v) is 3.67. The number of ketones is 1. The molecule has 4 nitrogen and oxygen atoms in total. The first-order valence-electron chi connectivity index (χ1n) is 9.76. The highest BCUT2D eigenvalue weighted by Crippen LogP contribution is 2.20. The van der Waals surface area contributed by atoms with E-state index in [4.69, 9.17) is 16.3 Å². The molecule has 29 heavy (non-hydrogen) atoms. The van der Waals surface area contributed by atoms with E-state index in [1.165, 1.54) is 0 Å². The Bertz CT molecular complexity index is 1000. The van der Waals surface area contributed by atoms with Gasteiger partial charge < -0.3 is 14.2 Å². The molecule has 3 aromatic rings. The Kier molecular flexibility index (Phi) is 6.13. The highest BCUT2D eigenvalue weighted by Gasteiger charge is 2.15. The third-order valence-electron chi connectivity index (χ3n) is 5.07. The molecule has 0 spiro atoms. The molecule has 0 N–H and O–H groups in total. The molecule has 1 aromatic heterocycles. The summed E-state index contributed by atoms with van der Waals surface area (Å²) in [6.07, 6.45) is 5.92. The van der Waals surface area contributed by atoms with Gasteiger partial charge in [0.2, 0.25) is 5.78 Å². The first-order chi connectivity index (χ1) is 14.2. The van der Waals surface area contributed by atoms with E-state index in [1.54, 1.807) is 0 Å². The summed E-state index contributed by atoms with van der Waals surface area (Å²) < 4.78 is 7.35. The van der Waals surface area contributed by atoms with Crippen LogP contribution in [0.2, 0.25) is 5.02 Å². The summed E-state index contributed by atoms with van der Waals surface area (Å²) in [5.41, 5.74) is 3.46. The maximum absolute atomic E-state index is 13.0. The van der Waals surface area contributed by atoms with Crippen LogP contribution in [0, 0.1) is 0 Å². The predicted molar refractivity (Wildman–Crippen MR) is 118 cm³/mol. The van der Waals surface area contributed by atoms with Crippen molar-refractivity contribution in [1.29, 1.82) is 0 Å². The summed E-state index contributed by atoms with van der Waals surface area (Å²) >= 11 is 6.19. The number of hydrogen-bond acceptors (Lipinski definition) is 3. The Balaban J connectivity index is 1.46. The van der Waals surface area contributed by atoms with Crippen molar-refractivity contribution in [1.82, 2.24) is 4.57 Å². The van der Waals surface area contributed by atoms with Gasteiger partial charge in [-0.3, -0.25) is 4.79 Å². The molecule has 2 aromatic carbocycles. The van der Waals surface area contributed by atoms with Gasteiger partial charge in [0.25, 0.3) is 0 Å². The average Bonchev–Trinajstić information content (AvgIpc) is 3.24. The molecule has 5 heteroatoms. The number of aromatic nitrogens is 1. The molecule has 0 saturated carbocycles. The van der Waals surface area contributed by atoms with Crippen molar-refractivity contribution in [3.8, 4) is 0 Å². The lowest BCUT2D eigenvalue weighted by atomic mass is 10.1. The number of carbonyl (C=O) groups is 1. The fourth-order valence-electron chi connectivity index (χ4n) is 3.48. The second kappa shape index (κ2) is 9.12. The lowest BCUT2D eigenvalue weighted by molar-refractivity contribution is 0.103. The van der Waals surface area contributed by atoms with Gasteiger partial charge in [-0.05, 0) is 48.0 Å². The van der Waals surface area contributed by atoms with Crippen LogP contribution < -0.4 is 4.90 Å². The second-order valence-corrected chi connectivity index (χ2v) is 7.35. The molecule has 1 aliphatic rings. The standard InChI is InChI=1S/C24H23ClN2O2/c25-22-7-2-1-5-19(22)6-3-13-27-14-4-8-23(27)24(28)20-9-11-21(12-10-20)26-15-17-29-18-16-26/h1-12,14H,13,15-18H2/b6-3+. The van der Waals surface area contributed by atoms with Crippen molar-refractivity contribution >= 4 is 29.1 Å². The van der Waals surface area contributed by atoms with E-state index in [9.17, 15) is 4.79 Å². The number of allylic oxidation sites excluding steroid dienone is 1. The van der Waals surface area contributed by atoms with Crippen LogP contribution in [0.4, 0.5) is 5.69 Å². The van der Waals surface area contributed by atoms with Crippen molar-refractivity contribution < 1.29 is 9.53 Å². The third-order valence-corrected chi connectivity index (χ3v) is 5.42. The molecule has 148 valence electrons. The van der Waals surface area contributed by atoms with E-state index in [0.29, 0.717) is 22.8 Å². The molecule has 0 amide bonds. The highest BCUT2D eigenvalue weighted by atomic mass is 35.5. The zero-order valence-electron chi connectivity index (χ0n) is 16.1. The van der Waals surface area contributed by atoms with Gasteiger partial charge in [-0.1, -0.05) is 42.0 Å². The Hall–Kier alpha value is -2.82. The minimum Gasteiger partial charge on any atom is -0.378 e. The zero-order valence-corrected chi connectivity index (χ0v) is 16.9. The van der Waals surface area contributed by atoms with Crippen LogP contribution in [0.1, 0.15) is 21.6 Å². The van der Waals surface area contributed by atoms with Crippen LogP contribution in [-0.2, 0) is 11.3 Å². The van der Waals surface area contributed by atoms with Gasteiger partial charge in [0.15, 0.2) is 0 Å². The number of rotatable bonds is 6. The van der Waals surface area contributed by atoms with E-state index in [0.717, 1.165) is 37.6 Å². The normalized spacial score (nSPS) is 14.4. The highest BCUT2D eigenvalue weighted by molar-refractivity contribution is 6.32. The number of nitrogens with zero attached hydrogens (tertiary/aromatic N) is 2. The van der Waals surface area contributed by atoms with Gasteiger partial charge in [0, 0.05) is 42.1 Å². The molecule has 1 saturated heterocycles. The van der Waals surface area contributed by atoms with E-state index in [2.05, 4.69) is 4.90 Å². The quantitative estimate of drug-likeness (QED) is 0.545. The van der Waals surface area contributed by atoms with Gasteiger partial charge >= 0.3 is 0 Å². The predicted octanol–water partition coefficient (Wildman–Crippen LogP) is 4.92. The van der Waals surface area contributed by atoms with Crippen LogP contribution >= 0.6 is 11.6 Å². The molecule has 0 atom stereocenters. The molecule has 0 bridgehead atoms. The van der Waals surface area contributed by atoms with Crippen molar-refractivity contribution in [2.75, 3.05) is 31.2 Å². The molecule has 4 rings (SSSR count). The first kappa shape index (κ1) is 19.5. The maximum atomic E-state index is 13.0. The lowest BCUT2D eigenvalue weighted by Crippen LogP contribution is -2.36. The summed E-state index contributed by atoms with van der Waals surface area (Å²) in [7, 11) is 0. The molecular formula is C24H23ClN2O2. The number of carbonyl (C=O) groups excluding carboxylic acids is 1. The lowest BCUT2D eigenvalue weighted by Gasteiger charge is -2.28. The fraction of sp³-hybridized carbons (Fsp3) is 0.208. The molecular weight excluding hydrogens is 384 g/mol. The summed E-state index contributed by atoms with van der Waals surface area (Å²) in [5, 5.41) is 0.716. The maximum Gasteiger partial charge on any atom is 0.209 e. The van der Waals surface area contributed by atoms with Gasteiger partial charge in [-0.15, -0.1) is 0 Å². The van der Waals surface area contributed by atoms with Crippen LogP contribution in [0.15, 0.2) is 72.9 Å². The summed E-state index contributed by atoms with van der Waals surface area (Å²) in [6.45, 7) is 3.86. The number of ether oxygens (including phenoxy) is 1. The summed E-state index contributed by atoms with van der Waals surface area (Å²) in [6, 6.07) is 19.3. The minimum absolute atomic E-state index is 0.0228. The first-order valence-corrected chi connectivity index (χ1v) is 10.1. The van der Waals surface area contributed by atoms with Crippen molar-refractivity contribution in [2.24, 2.45) is 0 Å². The summed E-state index contributed by atoms with van der Waals surface area (Å²) in [4.78, 5) is 15.3. The van der Waals surface area contributed by atoms with E-state index < -0.39 is 0 Å². The van der Waals surface area contributed by atoms with Crippen LogP contribution in [0.5, 0.6) is 0 Å². The Morgan fingerprint density at radius 1 is 1.00 bits per heavy atom. The molecule has 1 aliphatic heterocycles. The van der Waals surface area contributed by atoms with E-state index in [-0.39, 0.29) is 5.78 Å². The Morgan fingerprint density at radius 2 is 1.76 bits per heavy atom.